The van der Waals surface area contributed by atoms with Gasteiger partial charge in [0.05, 0.1) is 7.11 Å². The molecule has 0 aromatic heterocycles. The molecule has 0 aliphatic rings. The smallest absolute Gasteiger partial charge is 0.344 e. The number of rotatable bonds is 7. The van der Waals surface area contributed by atoms with E-state index in [0.717, 1.165) is 10.0 Å². The molecule has 2 aromatic carbocycles. The zero-order chi connectivity index (χ0) is 17.5. The van der Waals surface area contributed by atoms with Crippen LogP contribution in [0.4, 0.5) is 0 Å². The summed E-state index contributed by atoms with van der Waals surface area (Å²) < 4.78 is 16.7. The maximum Gasteiger partial charge on any atom is 0.344 e. The summed E-state index contributed by atoms with van der Waals surface area (Å²) in [6.07, 6.45) is 0. The minimum Gasteiger partial charge on any atom is -0.493 e. The molecule has 0 bridgehead atoms. The van der Waals surface area contributed by atoms with Crippen LogP contribution in [0.15, 0.2) is 46.9 Å². The summed E-state index contributed by atoms with van der Waals surface area (Å²) in [5.74, 6) is 0.199. The van der Waals surface area contributed by atoms with Crippen molar-refractivity contribution in [3.05, 3.63) is 58.1 Å². The summed E-state index contributed by atoms with van der Waals surface area (Å²) in [5.41, 5.74) is 1.39. The molecule has 0 aliphatic heterocycles. The highest BCUT2D eigenvalue weighted by Crippen LogP contribution is 2.28. The minimum absolute atomic E-state index is 0.0757. The average molecular weight is 393 g/mol. The van der Waals surface area contributed by atoms with Gasteiger partial charge < -0.3 is 14.2 Å². The maximum absolute atomic E-state index is 11.8. The predicted octanol–water partition coefficient (Wildman–Crippen LogP) is 3.78. The molecular weight excluding hydrogens is 376 g/mol. The molecule has 0 saturated carbocycles. The van der Waals surface area contributed by atoms with Crippen LogP contribution in [0.1, 0.15) is 22.8 Å². The van der Waals surface area contributed by atoms with Crippen molar-refractivity contribution in [2.24, 2.45) is 0 Å². The Bertz CT molecular complexity index is 742. The van der Waals surface area contributed by atoms with Crippen LogP contribution in [0.25, 0.3) is 0 Å². The molecule has 0 spiro atoms. The molecule has 0 aliphatic carbocycles. The summed E-state index contributed by atoms with van der Waals surface area (Å²) in [7, 11) is 1.47. The maximum atomic E-state index is 11.8. The van der Waals surface area contributed by atoms with Crippen molar-refractivity contribution in [2.45, 2.75) is 13.5 Å². The molecule has 0 heterocycles. The summed E-state index contributed by atoms with van der Waals surface area (Å²) in [6.45, 7) is 1.39. The largest absolute Gasteiger partial charge is 0.493 e. The van der Waals surface area contributed by atoms with Crippen LogP contribution in [-0.4, -0.2) is 25.5 Å². The van der Waals surface area contributed by atoms with Crippen molar-refractivity contribution in [3.63, 3.8) is 0 Å². The monoisotopic (exact) mass is 392 g/mol. The van der Waals surface area contributed by atoms with E-state index in [2.05, 4.69) is 15.9 Å². The van der Waals surface area contributed by atoms with Crippen molar-refractivity contribution < 1.29 is 23.8 Å². The van der Waals surface area contributed by atoms with Crippen molar-refractivity contribution >= 4 is 27.7 Å². The van der Waals surface area contributed by atoms with Gasteiger partial charge in [0.2, 0.25) is 0 Å². The summed E-state index contributed by atoms with van der Waals surface area (Å²) in [6, 6.07) is 12.3. The van der Waals surface area contributed by atoms with E-state index in [-0.39, 0.29) is 19.0 Å². The summed E-state index contributed by atoms with van der Waals surface area (Å²) in [4.78, 5) is 23.2. The zero-order valence-corrected chi connectivity index (χ0v) is 15.0. The average Bonchev–Trinajstić information content (AvgIpc) is 2.58. The van der Waals surface area contributed by atoms with Gasteiger partial charge in [0, 0.05) is 10.0 Å². The van der Waals surface area contributed by atoms with Crippen LogP contribution < -0.4 is 9.47 Å². The molecule has 2 aromatic rings. The first-order valence-corrected chi connectivity index (χ1v) is 8.00. The molecule has 2 rings (SSSR count). The lowest BCUT2D eigenvalue weighted by molar-refractivity contribution is -0.147. The van der Waals surface area contributed by atoms with Gasteiger partial charge in [-0.05, 0) is 42.8 Å². The second-order valence-electron chi connectivity index (χ2n) is 5.00. The number of carbonyl (C=O) groups is 2. The van der Waals surface area contributed by atoms with Gasteiger partial charge in [0.15, 0.2) is 23.9 Å². The standard InChI is InChI=1S/C18H17BrO5/c1-12(20)14-6-7-16(17(9-14)22-2)23-11-18(21)24-10-13-4-3-5-15(19)8-13/h3-9H,10-11H2,1-2H3. The van der Waals surface area contributed by atoms with E-state index in [1.807, 2.05) is 24.3 Å². The van der Waals surface area contributed by atoms with Gasteiger partial charge in [0.25, 0.3) is 0 Å². The minimum atomic E-state index is -0.493. The third-order valence-corrected chi connectivity index (χ3v) is 3.70. The first-order valence-electron chi connectivity index (χ1n) is 7.21. The van der Waals surface area contributed by atoms with Crippen LogP contribution in [0.2, 0.25) is 0 Å². The number of ketones is 1. The molecule has 0 atom stereocenters. The Kier molecular flexibility index (Phi) is 6.37. The Morgan fingerprint density at radius 1 is 1.08 bits per heavy atom. The van der Waals surface area contributed by atoms with Gasteiger partial charge in [-0.3, -0.25) is 4.79 Å². The Balaban J connectivity index is 1.90. The van der Waals surface area contributed by atoms with Gasteiger partial charge in [-0.15, -0.1) is 0 Å². The molecule has 0 unspecified atom stereocenters. The number of hydrogen-bond donors (Lipinski definition) is 0. The number of hydrogen-bond acceptors (Lipinski definition) is 5. The van der Waals surface area contributed by atoms with Crippen molar-refractivity contribution in [1.82, 2.24) is 0 Å². The fourth-order valence-corrected chi connectivity index (χ4v) is 2.42. The van der Waals surface area contributed by atoms with E-state index in [9.17, 15) is 9.59 Å². The topological polar surface area (TPSA) is 61.8 Å². The highest BCUT2D eigenvalue weighted by atomic mass is 79.9. The Hall–Kier alpha value is -2.34. The van der Waals surface area contributed by atoms with Crippen LogP contribution in [0.5, 0.6) is 11.5 Å². The van der Waals surface area contributed by atoms with Crippen LogP contribution >= 0.6 is 15.9 Å². The number of benzene rings is 2. The van der Waals surface area contributed by atoms with E-state index < -0.39 is 5.97 Å². The molecule has 0 fully saturated rings. The van der Waals surface area contributed by atoms with Gasteiger partial charge in [-0.2, -0.15) is 0 Å². The van der Waals surface area contributed by atoms with Crippen molar-refractivity contribution in [2.75, 3.05) is 13.7 Å². The highest BCUT2D eigenvalue weighted by Gasteiger charge is 2.11. The zero-order valence-electron chi connectivity index (χ0n) is 13.4. The lowest BCUT2D eigenvalue weighted by Gasteiger charge is -2.11. The van der Waals surface area contributed by atoms with E-state index in [4.69, 9.17) is 14.2 Å². The number of carbonyl (C=O) groups excluding carboxylic acids is 2. The molecule has 0 N–H and O–H groups in total. The van der Waals surface area contributed by atoms with Gasteiger partial charge in [-0.25, -0.2) is 4.79 Å². The van der Waals surface area contributed by atoms with Gasteiger partial charge in [0.1, 0.15) is 6.61 Å². The number of halogens is 1. The van der Waals surface area contributed by atoms with Crippen LogP contribution in [-0.2, 0) is 16.1 Å². The number of ether oxygens (including phenoxy) is 3. The van der Waals surface area contributed by atoms with Crippen molar-refractivity contribution in [3.8, 4) is 11.5 Å². The second-order valence-corrected chi connectivity index (χ2v) is 5.92. The summed E-state index contributed by atoms with van der Waals surface area (Å²) in [5, 5.41) is 0. The fourth-order valence-electron chi connectivity index (χ4n) is 1.97. The lowest BCUT2D eigenvalue weighted by Crippen LogP contribution is -2.15. The number of esters is 1. The SMILES string of the molecule is COc1cc(C(C)=O)ccc1OCC(=O)OCc1cccc(Br)c1. The first kappa shape index (κ1) is 18.0. The number of Topliss-reactive ketones (excluding diaryl/α,β-unsaturated/α-hetero) is 1. The lowest BCUT2D eigenvalue weighted by atomic mass is 10.1. The molecule has 126 valence electrons. The van der Waals surface area contributed by atoms with Crippen LogP contribution in [0, 0.1) is 0 Å². The van der Waals surface area contributed by atoms with E-state index in [1.165, 1.54) is 14.0 Å². The third kappa shape index (κ3) is 5.09. The molecule has 6 heteroatoms. The Morgan fingerprint density at radius 3 is 2.54 bits per heavy atom. The number of methoxy groups -OCH3 is 1. The Morgan fingerprint density at radius 2 is 1.88 bits per heavy atom. The molecule has 0 saturated heterocycles. The Labute approximate surface area is 148 Å². The van der Waals surface area contributed by atoms with Gasteiger partial charge >= 0.3 is 5.97 Å². The third-order valence-electron chi connectivity index (χ3n) is 3.20. The van der Waals surface area contributed by atoms with Crippen molar-refractivity contribution in [1.29, 1.82) is 0 Å². The quantitative estimate of drug-likeness (QED) is 0.529. The van der Waals surface area contributed by atoms with E-state index in [0.29, 0.717) is 17.1 Å². The molecule has 24 heavy (non-hydrogen) atoms. The molecule has 0 radical (unpaired) electrons. The molecule has 0 amide bonds. The van der Waals surface area contributed by atoms with E-state index in [1.54, 1.807) is 18.2 Å². The van der Waals surface area contributed by atoms with E-state index >= 15 is 0 Å². The predicted molar refractivity (Wildman–Crippen MR) is 92.4 cm³/mol. The molecule has 5 nitrogen and oxygen atoms in total. The normalized spacial score (nSPS) is 10.1. The summed E-state index contributed by atoms with van der Waals surface area (Å²) >= 11 is 3.36. The highest BCUT2D eigenvalue weighted by molar-refractivity contribution is 9.10. The fraction of sp³-hybridized carbons (Fsp3) is 0.222. The first-order chi connectivity index (χ1) is 11.5. The molecular formula is C18H17BrO5. The second kappa shape index (κ2) is 8.49. The van der Waals surface area contributed by atoms with Crippen LogP contribution in [0.3, 0.4) is 0 Å². The van der Waals surface area contributed by atoms with Gasteiger partial charge in [-0.1, -0.05) is 28.1 Å².